The van der Waals surface area contributed by atoms with Gasteiger partial charge in [-0.15, -0.1) is 0 Å². The summed E-state index contributed by atoms with van der Waals surface area (Å²) in [6, 6.07) is 0.0972. The minimum Gasteiger partial charge on any atom is -0.311 e. The first-order valence-electron chi connectivity index (χ1n) is 2.68. The number of hydrogen-bond donors (Lipinski definition) is 1. The van der Waals surface area contributed by atoms with E-state index in [2.05, 4.69) is 5.32 Å². The molecule has 0 saturated carbocycles. The molecule has 1 aliphatic rings. The molecule has 0 amide bonds. The lowest BCUT2D eigenvalue weighted by atomic mass is 10.2. The van der Waals surface area contributed by atoms with Crippen LogP contribution in [-0.2, 0) is 0 Å². The minimum absolute atomic E-state index is 0.0972. The maximum Gasteiger partial charge on any atom is 0.116 e. The predicted octanol–water partition coefficient (Wildman–Crippen LogP) is 0.706. The Morgan fingerprint density at radius 2 is 2.43 bits per heavy atom. The summed E-state index contributed by atoms with van der Waals surface area (Å²) in [7, 11) is 0. The number of alkyl halides is 1. The van der Waals surface area contributed by atoms with Gasteiger partial charge < -0.3 is 5.32 Å². The van der Waals surface area contributed by atoms with Crippen molar-refractivity contribution in [3.05, 3.63) is 0 Å². The first-order valence-corrected chi connectivity index (χ1v) is 2.68. The highest BCUT2D eigenvalue weighted by molar-refractivity contribution is 4.78. The molecule has 1 unspecified atom stereocenters. The number of rotatable bonds is 0. The van der Waals surface area contributed by atoms with Gasteiger partial charge in [-0.05, 0) is 19.9 Å². The molecule has 2 heteroatoms. The normalized spacial score (nSPS) is 42.0. The van der Waals surface area contributed by atoms with Gasteiger partial charge in [0.1, 0.15) is 6.17 Å². The van der Waals surface area contributed by atoms with Gasteiger partial charge in [-0.3, -0.25) is 0 Å². The Labute approximate surface area is 42.9 Å². The molecular formula is C5H10FN. The van der Waals surface area contributed by atoms with Crippen LogP contribution in [0.25, 0.3) is 0 Å². The molecule has 1 N–H and O–H groups in total. The highest BCUT2D eigenvalue weighted by atomic mass is 19.1. The first kappa shape index (κ1) is 5.04. The SMILES string of the molecule is CC1NCC[C@@H]1F. The molecule has 2 atom stereocenters. The Balaban J connectivity index is 2.33. The molecule has 1 aliphatic heterocycles. The van der Waals surface area contributed by atoms with Gasteiger partial charge in [0, 0.05) is 6.04 Å². The maximum atomic E-state index is 12.3. The molecule has 7 heavy (non-hydrogen) atoms. The standard InChI is InChI=1S/C5H10FN/c1-4-5(6)2-3-7-4/h4-5,7H,2-3H2,1H3/t4?,5-/m0/s1. The van der Waals surface area contributed by atoms with E-state index in [1.54, 1.807) is 0 Å². The molecular weight excluding hydrogens is 93.1 g/mol. The average Bonchev–Trinajstić information content (AvgIpc) is 1.91. The maximum absolute atomic E-state index is 12.3. The lowest BCUT2D eigenvalue weighted by molar-refractivity contribution is 0.313. The fourth-order valence-corrected chi connectivity index (χ4v) is 0.827. The van der Waals surface area contributed by atoms with E-state index in [1.165, 1.54) is 0 Å². The van der Waals surface area contributed by atoms with E-state index in [1.807, 2.05) is 6.92 Å². The van der Waals surface area contributed by atoms with E-state index in [0.29, 0.717) is 6.42 Å². The van der Waals surface area contributed by atoms with Crippen LogP contribution in [0.5, 0.6) is 0 Å². The number of nitrogens with one attached hydrogen (secondary N) is 1. The molecule has 1 heterocycles. The second-order valence-electron chi connectivity index (χ2n) is 2.05. The second-order valence-corrected chi connectivity index (χ2v) is 2.05. The summed E-state index contributed by atoms with van der Waals surface area (Å²) in [4.78, 5) is 0. The van der Waals surface area contributed by atoms with E-state index in [9.17, 15) is 4.39 Å². The van der Waals surface area contributed by atoms with Crippen molar-refractivity contribution in [2.24, 2.45) is 0 Å². The van der Waals surface area contributed by atoms with Gasteiger partial charge in [0.2, 0.25) is 0 Å². The topological polar surface area (TPSA) is 12.0 Å². The minimum atomic E-state index is -0.597. The Morgan fingerprint density at radius 1 is 1.71 bits per heavy atom. The Hall–Kier alpha value is -0.110. The molecule has 1 rings (SSSR count). The zero-order valence-corrected chi connectivity index (χ0v) is 4.45. The molecule has 1 fully saturated rings. The van der Waals surface area contributed by atoms with E-state index < -0.39 is 6.17 Å². The highest BCUT2D eigenvalue weighted by Gasteiger charge is 2.20. The molecule has 0 bridgehead atoms. The summed E-state index contributed by atoms with van der Waals surface area (Å²) in [5.74, 6) is 0. The monoisotopic (exact) mass is 103 g/mol. The van der Waals surface area contributed by atoms with E-state index in [4.69, 9.17) is 0 Å². The molecule has 1 nitrogen and oxygen atoms in total. The molecule has 0 aromatic rings. The largest absolute Gasteiger partial charge is 0.311 e. The lowest BCUT2D eigenvalue weighted by Gasteiger charge is -2.01. The summed E-state index contributed by atoms with van der Waals surface area (Å²) in [5, 5.41) is 2.99. The zero-order valence-electron chi connectivity index (χ0n) is 4.45. The summed E-state index contributed by atoms with van der Waals surface area (Å²) >= 11 is 0. The van der Waals surface area contributed by atoms with Crippen molar-refractivity contribution in [3.8, 4) is 0 Å². The van der Waals surface area contributed by atoms with Crippen molar-refractivity contribution in [1.29, 1.82) is 0 Å². The third kappa shape index (κ3) is 0.911. The molecule has 42 valence electrons. The lowest BCUT2D eigenvalue weighted by Crippen LogP contribution is -2.23. The van der Waals surface area contributed by atoms with Crippen molar-refractivity contribution < 1.29 is 4.39 Å². The van der Waals surface area contributed by atoms with Crippen LogP contribution in [-0.4, -0.2) is 18.8 Å². The van der Waals surface area contributed by atoms with Gasteiger partial charge in [-0.2, -0.15) is 0 Å². The Kier molecular flexibility index (Phi) is 1.28. The molecule has 0 aromatic carbocycles. The quantitative estimate of drug-likeness (QED) is 0.476. The van der Waals surface area contributed by atoms with Gasteiger partial charge >= 0.3 is 0 Å². The van der Waals surface area contributed by atoms with Crippen LogP contribution in [0.2, 0.25) is 0 Å². The van der Waals surface area contributed by atoms with Crippen LogP contribution >= 0.6 is 0 Å². The van der Waals surface area contributed by atoms with E-state index >= 15 is 0 Å². The van der Waals surface area contributed by atoms with Crippen molar-refractivity contribution in [1.82, 2.24) is 5.32 Å². The van der Waals surface area contributed by atoms with Crippen LogP contribution < -0.4 is 5.32 Å². The van der Waals surface area contributed by atoms with Gasteiger partial charge in [-0.1, -0.05) is 0 Å². The van der Waals surface area contributed by atoms with Crippen molar-refractivity contribution in [2.45, 2.75) is 25.6 Å². The van der Waals surface area contributed by atoms with Crippen LogP contribution in [0.4, 0.5) is 4.39 Å². The Morgan fingerprint density at radius 3 is 2.57 bits per heavy atom. The average molecular weight is 103 g/mol. The third-order valence-electron chi connectivity index (χ3n) is 1.43. The molecule has 1 saturated heterocycles. The van der Waals surface area contributed by atoms with Gasteiger partial charge in [0.05, 0.1) is 0 Å². The summed E-state index contributed by atoms with van der Waals surface area (Å²) in [6.45, 7) is 2.72. The van der Waals surface area contributed by atoms with Gasteiger partial charge in [0.25, 0.3) is 0 Å². The van der Waals surface area contributed by atoms with Crippen molar-refractivity contribution in [3.63, 3.8) is 0 Å². The van der Waals surface area contributed by atoms with Crippen LogP contribution in [0.15, 0.2) is 0 Å². The molecule has 0 spiro atoms. The third-order valence-corrected chi connectivity index (χ3v) is 1.43. The zero-order chi connectivity index (χ0) is 5.28. The van der Waals surface area contributed by atoms with Crippen LogP contribution in [0.1, 0.15) is 13.3 Å². The smallest absolute Gasteiger partial charge is 0.116 e. The molecule has 0 radical (unpaired) electrons. The van der Waals surface area contributed by atoms with Crippen molar-refractivity contribution >= 4 is 0 Å². The van der Waals surface area contributed by atoms with E-state index in [-0.39, 0.29) is 6.04 Å². The van der Waals surface area contributed by atoms with Crippen molar-refractivity contribution in [2.75, 3.05) is 6.54 Å². The van der Waals surface area contributed by atoms with Crippen LogP contribution in [0, 0.1) is 0 Å². The summed E-state index contributed by atoms with van der Waals surface area (Å²) in [6.07, 6.45) is 0.0984. The first-order chi connectivity index (χ1) is 3.30. The number of hydrogen-bond acceptors (Lipinski definition) is 1. The highest BCUT2D eigenvalue weighted by Crippen LogP contribution is 2.08. The van der Waals surface area contributed by atoms with Gasteiger partial charge in [-0.25, -0.2) is 4.39 Å². The fourth-order valence-electron chi connectivity index (χ4n) is 0.827. The fraction of sp³-hybridized carbons (Fsp3) is 1.00. The van der Waals surface area contributed by atoms with E-state index in [0.717, 1.165) is 6.54 Å². The molecule has 0 aliphatic carbocycles. The summed E-state index contributed by atoms with van der Waals surface area (Å²) < 4.78 is 12.3. The predicted molar refractivity (Wildman–Crippen MR) is 27.0 cm³/mol. The number of halogens is 1. The molecule has 0 aromatic heterocycles. The second kappa shape index (κ2) is 1.78. The van der Waals surface area contributed by atoms with Crippen LogP contribution in [0.3, 0.4) is 0 Å². The Bertz CT molecular complexity index is 57.1. The summed E-state index contributed by atoms with van der Waals surface area (Å²) in [5.41, 5.74) is 0. The van der Waals surface area contributed by atoms with Gasteiger partial charge in [0.15, 0.2) is 0 Å².